The van der Waals surface area contributed by atoms with Crippen LogP contribution in [-0.2, 0) is 9.47 Å². The van der Waals surface area contributed by atoms with Crippen LogP contribution in [0.5, 0.6) is 6.01 Å². The van der Waals surface area contributed by atoms with Gasteiger partial charge >= 0.3 is 0 Å². The van der Waals surface area contributed by atoms with E-state index < -0.39 is 6.10 Å². The minimum atomic E-state index is -0.621. The van der Waals surface area contributed by atoms with Gasteiger partial charge in [-0.3, -0.25) is 0 Å². The Morgan fingerprint density at radius 2 is 1.76 bits per heavy atom. The van der Waals surface area contributed by atoms with E-state index in [0.717, 1.165) is 31.7 Å². The average Bonchev–Trinajstić information content (AvgIpc) is 3.61. The SMILES string of the molecule is OC1COC2C(Oc3nc4nc(-c5ccc(N6CCC7(CCNCC7)CC6)cc5)c(Cl)cc4[nH]3)COC12. The van der Waals surface area contributed by atoms with Gasteiger partial charge in [-0.1, -0.05) is 23.7 Å². The number of ether oxygens (including phenoxy) is 3. The molecule has 4 aliphatic rings. The van der Waals surface area contributed by atoms with Crippen molar-refractivity contribution in [2.24, 2.45) is 5.41 Å². The Kier molecular flexibility index (Phi) is 6.01. The first-order valence-electron chi connectivity index (χ1n) is 13.3. The summed E-state index contributed by atoms with van der Waals surface area (Å²) < 4.78 is 17.3. The lowest BCUT2D eigenvalue weighted by atomic mass is 9.71. The van der Waals surface area contributed by atoms with Gasteiger partial charge in [0.05, 0.1) is 29.4 Å². The lowest BCUT2D eigenvalue weighted by molar-refractivity contribution is 0.00706. The van der Waals surface area contributed by atoms with Crippen molar-refractivity contribution in [1.82, 2.24) is 20.3 Å². The third kappa shape index (κ3) is 4.36. The number of nitrogens with zero attached hydrogens (tertiary/aromatic N) is 3. The third-order valence-corrected chi connectivity index (χ3v) is 8.93. The predicted octanol–water partition coefficient (Wildman–Crippen LogP) is 3.15. The van der Waals surface area contributed by atoms with Crippen molar-refractivity contribution in [2.75, 3.05) is 44.3 Å². The van der Waals surface area contributed by atoms with E-state index in [0.29, 0.717) is 39.9 Å². The topological polar surface area (TPSA) is 105 Å². The second kappa shape index (κ2) is 9.39. The molecule has 0 saturated carbocycles. The molecule has 10 heteroatoms. The zero-order valence-corrected chi connectivity index (χ0v) is 21.4. The fourth-order valence-electron chi connectivity index (χ4n) is 6.37. The number of pyridine rings is 1. The number of benzene rings is 1. The molecule has 6 heterocycles. The first-order valence-corrected chi connectivity index (χ1v) is 13.7. The number of aromatic amines is 1. The Morgan fingerprint density at radius 3 is 2.54 bits per heavy atom. The number of hydrogen-bond acceptors (Lipinski definition) is 8. The number of piperidine rings is 2. The Hall–Kier alpha value is -2.43. The van der Waals surface area contributed by atoms with Gasteiger partial charge in [0, 0.05) is 24.3 Å². The molecule has 7 rings (SSSR count). The van der Waals surface area contributed by atoms with Crippen LogP contribution in [0.1, 0.15) is 25.7 Å². The van der Waals surface area contributed by atoms with E-state index in [9.17, 15) is 5.11 Å². The maximum Gasteiger partial charge on any atom is 0.296 e. The van der Waals surface area contributed by atoms with E-state index in [1.165, 1.54) is 31.4 Å². The molecule has 3 aromatic rings. The van der Waals surface area contributed by atoms with E-state index in [1.807, 2.05) is 6.07 Å². The van der Waals surface area contributed by atoms with Crippen molar-refractivity contribution < 1.29 is 19.3 Å². The molecule has 0 radical (unpaired) electrons. The molecule has 4 atom stereocenters. The minimum absolute atomic E-state index is 0.255. The molecule has 3 N–H and O–H groups in total. The molecule has 0 amide bonds. The second-order valence-corrected chi connectivity index (χ2v) is 11.2. The summed E-state index contributed by atoms with van der Waals surface area (Å²) >= 11 is 6.64. The van der Waals surface area contributed by atoms with E-state index in [-0.39, 0.29) is 24.9 Å². The van der Waals surface area contributed by atoms with Gasteiger partial charge < -0.3 is 34.5 Å². The molecule has 4 unspecified atom stereocenters. The lowest BCUT2D eigenvalue weighted by Gasteiger charge is -2.45. The smallest absolute Gasteiger partial charge is 0.296 e. The van der Waals surface area contributed by atoms with Crippen LogP contribution in [0.25, 0.3) is 22.4 Å². The summed E-state index contributed by atoms with van der Waals surface area (Å²) in [6.07, 6.45) is 3.52. The first-order chi connectivity index (χ1) is 18.1. The number of fused-ring (bicyclic) bond motifs is 2. The molecule has 196 valence electrons. The van der Waals surface area contributed by atoms with Crippen molar-refractivity contribution in [2.45, 2.75) is 50.1 Å². The monoisotopic (exact) mass is 525 g/mol. The number of hydrogen-bond donors (Lipinski definition) is 3. The number of imidazole rings is 1. The Morgan fingerprint density at radius 1 is 1.00 bits per heavy atom. The summed E-state index contributed by atoms with van der Waals surface area (Å²) in [7, 11) is 0. The predicted molar refractivity (Wildman–Crippen MR) is 140 cm³/mol. The largest absolute Gasteiger partial charge is 0.456 e. The van der Waals surface area contributed by atoms with E-state index in [2.05, 4.69) is 44.5 Å². The summed E-state index contributed by atoms with van der Waals surface area (Å²) in [6, 6.07) is 10.7. The van der Waals surface area contributed by atoms with Crippen LogP contribution in [0.15, 0.2) is 30.3 Å². The standard InChI is InChI=1S/C27H32ClN5O4/c28-18-13-19-25(32-26(30-19)37-21-15-36-23-20(34)14-35-24(21)23)31-22(18)16-1-3-17(4-2-16)33-11-7-27(8-12-33)5-9-29-10-6-27/h1-4,13,20-21,23-24,29,34H,5-12,14-15H2,(H,30,31,32). The van der Waals surface area contributed by atoms with Gasteiger partial charge in [-0.15, -0.1) is 0 Å². The summed E-state index contributed by atoms with van der Waals surface area (Å²) in [6.45, 7) is 5.13. The molecule has 37 heavy (non-hydrogen) atoms. The van der Waals surface area contributed by atoms with E-state index in [1.54, 1.807) is 0 Å². The Labute approximate surface area is 220 Å². The van der Waals surface area contributed by atoms with Crippen molar-refractivity contribution in [3.05, 3.63) is 35.4 Å². The number of rotatable bonds is 4. The van der Waals surface area contributed by atoms with Gasteiger partial charge in [0.15, 0.2) is 11.8 Å². The van der Waals surface area contributed by atoms with Gasteiger partial charge in [0.25, 0.3) is 6.01 Å². The molecule has 1 spiro atoms. The van der Waals surface area contributed by atoms with E-state index in [4.69, 9.17) is 30.8 Å². The van der Waals surface area contributed by atoms with Crippen LogP contribution < -0.4 is 15.0 Å². The summed E-state index contributed by atoms with van der Waals surface area (Å²) in [5, 5.41) is 14.0. The van der Waals surface area contributed by atoms with Gasteiger partial charge in [0.1, 0.15) is 18.3 Å². The summed E-state index contributed by atoms with van der Waals surface area (Å²) in [5.74, 6) is 0. The zero-order chi connectivity index (χ0) is 25.0. The molecular formula is C27H32ClN5O4. The molecule has 4 aliphatic heterocycles. The number of nitrogens with one attached hydrogen (secondary N) is 2. The second-order valence-electron chi connectivity index (χ2n) is 10.8. The van der Waals surface area contributed by atoms with Crippen molar-refractivity contribution in [1.29, 1.82) is 0 Å². The molecule has 2 aromatic heterocycles. The maximum absolute atomic E-state index is 9.95. The minimum Gasteiger partial charge on any atom is -0.456 e. The van der Waals surface area contributed by atoms with Crippen LogP contribution >= 0.6 is 11.6 Å². The maximum atomic E-state index is 9.95. The van der Waals surface area contributed by atoms with Crippen molar-refractivity contribution >= 4 is 28.5 Å². The Bertz CT molecular complexity index is 1270. The highest BCUT2D eigenvalue weighted by Crippen LogP contribution is 2.41. The number of aromatic nitrogens is 3. The van der Waals surface area contributed by atoms with Gasteiger partial charge in [0.2, 0.25) is 0 Å². The molecule has 0 aliphatic carbocycles. The van der Waals surface area contributed by atoms with Crippen molar-refractivity contribution in [3.8, 4) is 17.3 Å². The molecular weight excluding hydrogens is 494 g/mol. The highest BCUT2D eigenvalue weighted by Gasteiger charge is 2.48. The van der Waals surface area contributed by atoms with Crippen molar-refractivity contribution in [3.63, 3.8) is 0 Å². The fourth-order valence-corrected chi connectivity index (χ4v) is 6.63. The van der Waals surface area contributed by atoms with Crippen LogP contribution in [0, 0.1) is 5.41 Å². The molecule has 4 saturated heterocycles. The van der Waals surface area contributed by atoms with Gasteiger partial charge in [-0.25, -0.2) is 4.98 Å². The molecule has 0 bridgehead atoms. The normalized spacial score (nSPS) is 29.2. The molecule has 1 aromatic carbocycles. The van der Waals surface area contributed by atoms with Gasteiger partial charge in [-0.05, 0) is 62.4 Å². The number of aliphatic hydroxyl groups excluding tert-OH is 1. The lowest BCUT2D eigenvalue weighted by Crippen LogP contribution is -2.45. The van der Waals surface area contributed by atoms with Gasteiger partial charge in [-0.2, -0.15) is 4.98 Å². The Balaban J connectivity index is 1.06. The fraction of sp³-hybridized carbons (Fsp3) is 0.556. The van der Waals surface area contributed by atoms with Crippen LogP contribution in [0.4, 0.5) is 5.69 Å². The number of halogens is 1. The number of anilines is 1. The van der Waals surface area contributed by atoms with E-state index >= 15 is 0 Å². The first kappa shape index (κ1) is 23.7. The third-order valence-electron chi connectivity index (χ3n) is 8.64. The zero-order valence-electron chi connectivity index (χ0n) is 20.7. The summed E-state index contributed by atoms with van der Waals surface area (Å²) in [5.41, 5.74) is 4.66. The van der Waals surface area contributed by atoms with Crippen LogP contribution in [0.3, 0.4) is 0 Å². The number of H-pyrrole nitrogens is 1. The summed E-state index contributed by atoms with van der Waals surface area (Å²) in [4.78, 5) is 14.9. The van der Waals surface area contributed by atoms with Crippen LogP contribution in [-0.4, -0.2) is 83.9 Å². The molecule has 9 nitrogen and oxygen atoms in total. The highest BCUT2D eigenvalue weighted by molar-refractivity contribution is 6.33. The number of aliphatic hydroxyl groups is 1. The quantitative estimate of drug-likeness (QED) is 0.477. The average molecular weight is 526 g/mol. The highest BCUT2D eigenvalue weighted by atomic mass is 35.5. The molecule has 4 fully saturated rings. The van der Waals surface area contributed by atoms with Crippen LogP contribution in [0.2, 0.25) is 5.02 Å².